The van der Waals surface area contributed by atoms with Gasteiger partial charge in [-0.15, -0.1) is 0 Å². The number of fused-ring (bicyclic) bond motifs is 1. The van der Waals surface area contributed by atoms with E-state index in [0.717, 1.165) is 0 Å². The fourth-order valence-corrected chi connectivity index (χ4v) is 2.99. The summed E-state index contributed by atoms with van der Waals surface area (Å²) in [5.74, 6) is 1.28. The first kappa shape index (κ1) is 15.4. The molecule has 2 atom stereocenters. The number of hydrogen-bond donors (Lipinski definition) is 1. The van der Waals surface area contributed by atoms with Gasteiger partial charge in [-0.05, 0) is 39.0 Å². The Morgan fingerprint density at radius 2 is 2.05 bits per heavy atom. The van der Waals surface area contributed by atoms with E-state index in [1.807, 2.05) is 13.8 Å². The highest BCUT2D eigenvalue weighted by molar-refractivity contribution is 6.30. The van der Waals surface area contributed by atoms with Gasteiger partial charge in [0.15, 0.2) is 11.9 Å². The lowest BCUT2D eigenvalue weighted by molar-refractivity contribution is -0.188. The molecule has 3 rings (SSSR count). The number of allylic oxidation sites excluding steroid dienone is 2. The molecule has 2 aliphatic rings. The van der Waals surface area contributed by atoms with Crippen LogP contribution in [0.5, 0.6) is 5.75 Å². The van der Waals surface area contributed by atoms with Crippen LogP contribution in [-0.4, -0.2) is 22.1 Å². The topological polar surface area (TPSA) is 55.8 Å². The van der Waals surface area contributed by atoms with Crippen molar-refractivity contribution in [2.75, 3.05) is 0 Å². The van der Waals surface area contributed by atoms with Gasteiger partial charge in [-0.1, -0.05) is 11.6 Å². The number of aliphatic hydroxyl groups is 1. The normalized spacial score (nSPS) is 29.6. The summed E-state index contributed by atoms with van der Waals surface area (Å²) in [6.07, 6.45) is 1.86. The highest BCUT2D eigenvalue weighted by Crippen LogP contribution is 2.49. The average Bonchev–Trinajstić information content (AvgIpc) is 2.82. The second-order valence-electron chi connectivity index (χ2n) is 6.52. The second kappa shape index (κ2) is 5.00. The van der Waals surface area contributed by atoms with Gasteiger partial charge in [-0.3, -0.25) is 4.79 Å². The van der Waals surface area contributed by atoms with Crippen molar-refractivity contribution in [3.05, 3.63) is 40.6 Å². The molecular weight excluding hydrogens is 304 g/mol. The summed E-state index contributed by atoms with van der Waals surface area (Å²) in [7, 11) is 0. The molecular formula is C17H19ClO4. The summed E-state index contributed by atoms with van der Waals surface area (Å²) >= 11 is 6.08. The van der Waals surface area contributed by atoms with E-state index in [0.29, 0.717) is 34.9 Å². The van der Waals surface area contributed by atoms with Crippen LogP contribution in [0.15, 0.2) is 30.0 Å². The molecule has 1 N–H and O–H groups in total. The molecule has 1 aromatic rings. The zero-order valence-electron chi connectivity index (χ0n) is 12.9. The van der Waals surface area contributed by atoms with E-state index >= 15 is 0 Å². The van der Waals surface area contributed by atoms with Gasteiger partial charge < -0.3 is 14.6 Å². The first-order valence-corrected chi connectivity index (χ1v) is 7.69. The van der Waals surface area contributed by atoms with Crippen molar-refractivity contribution in [2.24, 2.45) is 0 Å². The van der Waals surface area contributed by atoms with E-state index < -0.39 is 17.3 Å². The van der Waals surface area contributed by atoms with Crippen LogP contribution >= 0.6 is 11.6 Å². The molecule has 0 fully saturated rings. The van der Waals surface area contributed by atoms with Crippen molar-refractivity contribution in [1.82, 2.24) is 0 Å². The Bertz CT molecular complexity index is 661. The second-order valence-corrected chi connectivity index (χ2v) is 6.95. The number of ketones is 1. The monoisotopic (exact) mass is 322 g/mol. The minimum Gasteiger partial charge on any atom is -0.487 e. The van der Waals surface area contributed by atoms with Crippen molar-refractivity contribution >= 4 is 17.4 Å². The Hall–Kier alpha value is -1.52. The van der Waals surface area contributed by atoms with E-state index in [-0.39, 0.29) is 5.78 Å². The number of rotatable bonds is 2. The number of ether oxygens (including phenoxy) is 2. The molecule has 4 nitrogen and oxygen atoms in total. The standard InChI is InChI=1S/C17H19ClO4/c1-16(2)17(3,20)15(21-12-6-5-11(19)9-12)13-8-10(18)4-7-14(13)22-16/h4,7-9,15,20H,5-6H2,1-3H3. The van der Waals surface area contributed by atoms with E-state index in [4.69, 9.17) is 21.1 Å². The SMILES string of the molecule is CC1(C)Oc2ccc(Cl)cc2C(OC2=CC(=O)CC2)C1(C)O. The zero-order valence-corrected chi connectivity index (χ0v) is 13.6. The van der Waals surface area contributed by atoms with Crippen LogP contribution in [0, 0.1) is 0 Å². The third-order valence-electron chi connectivity index (χ3n) is 4.56. The predicted molar refractivity (Wildman–Crippen MR) is 82.9 cm³/mol. The van der Waals surface area contributed by atoms with E-state index in [1.54, 1.807) is 25.1 Å². The third kappa shape index (κ3) is 2.40. The molecule has 0 saturated heterocycles. The Labute approximate surface area is 134 Å². The predicted octanol–water partition coefficient (Wildman–Crippen LogP) is 3.57. The number of carbonyl (C=O) groups excluding carboxylic acids is 1. The maximum absolute atomic E-state index is 11.4. The molecule has 1 heterocycles. The lowest BCUT2D eigenvalue weighted by Crippen LogP contribution is -2.58. The molecule has 0 spiro atoms. The van der Waals surface area contributed by atoms with Gasteiger partial charge in [-0.25, -0.2) is 0 Å². The lowest BCUT2D eigenvalue weighted by Gasteiger charge is -2.49. The van der Waals surface area contributed by atoms with Crippen molar-refractivity contribution in [3.8, 4) is 5.75 Å². The summed E-state index contributed by atoms with van der Waals surface area (Å²) in [5, 5.41) is 11.6. The van der Waals surface area contributed by atoms with Gasteiger partial charge in [0.05, 0.1) is 0 Å². The Balaban J connectivity index is 2.06. The first-order valence-electron chi connectivity index (χ1n) is 7.31. The average molecular weight is 323 g/mol. The van der Waals surface area contributed by atoms with Gasteiger partial charge in [0.25, 0.3) is 0 Å². The summed E-state index contributed by atoms with van der Waals surface area (Å²) < 4.78 is 11.9. The lowest BCUT2D eigenvalue weighted by atomic mass is 9.77. The molecule has 2 unspecified atom stereocenters. The van der Waals surface area contributed by atoms with Gasteiger partial charge in [0.2, 0.25) is 0 Å². The molecule has 0 aromatic heterocycles. The number of hydrogen-bond acceptors (Lipinski definition) is 4. The molecule has 1 aliphatic carbocycles. The van der Waals surface area contributed by atoms with Gasteiger partial charge in [0, 0.05) is 29.5 Å². The quantitative estimate of drug-likeness (QED) is 0.904. The summed E-state index contributed by atoms with van der Waals surface area (Å²) in [4.78, 5) is 11.4. The molecule has 0 amide bonds. The largest absolute Gasteiger partial charge is 0.487 e. The maximum atomic E-state index is 11.4. The van der Waals surface area contributed by atoms with Crippen molar-refractivity contribution in [1.29, 1.82) is 0 Å². The minimum atomic E-state index is -1.28. The van der Waals surface area contributed by atoms with Crippen LogP contribution in [-0.2, 0) is 9.53 Å². The van der Waals surface area contributed by atoms with Crippen molar-refractivity contribution in [2.45, 2.75) is 50.9 Å². The van der Waals surface area contributed by atoms with Gasteiger partial charge in [0.1, 0.15) is 22.7 Å². The fourth-order valence-electron chi connectivity index (χ4n) is 2.81. The zero-order chi connectivity index (χ0) is 16.1. The molecule has 0 radical (unpaired) electrons. The van der Waals surface area contributed by atoms with Crippen LogP contribution in [0.1, 0.15) is 45.3 Å². The smallest absolute Gasteiger partial charge is 0.159 e. The Morgan fingerprint density at radius 1 is 1.32 bits per heavy atom. The highest BCUT2D eigenvalue weighted by Gasteiger charge is 2.54. The van der Waals surface area contributed by atoms with Crippen LogP contribution < -0.4 is 4.74 Å². The summed E-state index contributed by atoms with van der Waals surface area (Å²) in [5.41, 5.74) is -1.43. The highest BCUT2D eigenvalue weighted by atomic mass is 35.5. The Kier molecular flexibility index (Phi) is 3.49. The summed E-state index contributed by atoms with van der Waals surface area (Å²) in [6.45, 7) is 5.31. The van der Waals surface area contributed by atoms with Gasteiger partial charge in [-0.2, -0.15) is 0 Å². The van der Waals surface area contributed by atoms with E-state index in [2.05, 4.69) is 0 Å². The van der Waals surface area contributed by atoms with Crippen LogP contribution in [0.4, 0.5) is 0 Å². The van der Waals surface area contributed by atoms with Gasteiger partial charge >= 0.3 is 0 Å². The maximum Gasteiger partial charge on any atom is 0.159 e. The van der Waals surface area contributed by atoms with Crippen LogP contribution in [0.25, 0.3) is 0 Å². The molecule has 0 bridgehead atoms. The third-order valence-corrected chi connectivity index (χ3v) is 4.79. The van der Waals surface area contributed by atoms with Crippen molar-refractivity contribution < 1.29 is 19.4 Å². The molecule has 5 heteroatoms. The van der Waals surface area contributed by atoms with E-state index in [1.165, 1.54) is 6.08 Å². The molecule has 118 valence electrons. The molecule has 22 heavy (non-hydrogen) atoms. The molecule has 1 aromatic carbocycles. The van der Waals surface area contributed by atoms with Crippen LogP contribution in [0.3, 0.4) is 0 Å². The molecule has 0 saturated carbocycles. The first-order chi connectivity index (χ1) is 10.2. The van der Waals surface area contributed by atoms with Crippen LogP contribution in [0.2, 0.25) is 5.02 Å². The van der Waals surface area contributed by atoms with Crippen molar-refractivity contribution in [3.63, 3.8) is 0 Å². The van der Waals surface area contributed by atoms with E-state index in [9.17, 15) is 9.90 Å². The number of carbonyl (C=O) groups is 1. The summed E-state index contributed by atoms with van der Waals surface area (Å²) in [6, 6.07) is 5.26. The fraction of sp³-hybridized carbons (Fsp3) is 0.471. The molecule has 1 aliphatic heterocycles. The Morgan fingerprint density at radius 3 is 2.68 bits per heavy atom. The number of halogens is 1. The minimum absolute atomic E-state index is 0.0484. The number of benzene rings is 1.